The SMILES string of the molecule is Cc1cccc(S(=O)(=O)Nc2cc(F)cc(F)c2)c1. The molecule has 0 aliphatic carbocycles. The molecule has 0 amide bonds. The maximum atomic E-state index is 13.0. The van der Waals surface area contributed by atoms with Crippen LogP contribution in [0.2, 0.25) is 0 Å². The molecule has 0 fully saturated rings. The van der Waals surface area contributed by atoms with Crippen LogP contribution < -0.4 is 4.72 Å². The fraction of sp³-hybridized carbons (Fsp3) is 0.0769. The number of anilines is 1. The molecule has 0 saturated carbocycles. The van der Waals surface area contributed by atoms with Crippen molar-refractivity contribution >= 4 is 15.7 Å². The third kappa shape index (κ3) is 3.29. The minimum Gasteiger partial charge on any atom is -0.279 e. The van der Waals surface area contributed by atoms with Crippen LogP contribution in [0, 0.1) is 18.6 Å². The monoisotopic (exact) mass is 283 g/mol. The van der Waals surface area contributed by atoms with Gasteiger partial charge in [-0.1, -0.05) is 12.1 Å². The minimum atomic E-state index is -3.85. The van der Waals surface area contributed by atoms with Crippen LogP contribution in [0.3, 0.4) is 0 Å². The summed E-state index contributed by atoms with van der Waals surface area (Å²) in [6.07, 6.45) is 0. The molecule has 0 heterocycles. The summed E-state index contributed by atoms with van der Waals surface area (Å²) in [7, 11) is -3.85. The molecule has 0 bridgehead atoms. The highest BCUT2D eigenvalue weighted by Gasteiger charge is 2.15. The maximum absolute atomic E-state index is 13.0. The predicted molar refractivity (Wildman–Crippen MR) is 68.3 cm³/mol. The summed E-state index contributed by atoms with van der Waals surface area (Å²) in [5.41, 5.74) is 0.618. The average Bonchev–Trinajstić information content (AvgIpc) is 2.26. The summed E-state index contributed by atoms with van der Waals surface area (Å²) in [6.45, 7) is 1.75. The Morgan fingerprint density at radius 3 is 2.21 bits per heavy atom. The second-order valence-corrected chi connectivity index (χ2v) is 5.76. The molecule has 3 nitrogen and oxygen atoms in total. The number of halogens is 2. The molecule has 19 heavy (non-hydrogen) atoms. The van der Waals surface area contributed by atoms with Crippen LogP contribution in [-0.4, -0.2) is 8.42 Å². The van der Waals surface area contributed by atoms with Crippen LogP contribution >= 0.6 is 0 Å². The summed E-state index contributed by atoms with van der Waals surface area (Å²) < 4.78 is 52.2. The zero-order valence-corrected chi connectivity index (χ0v) is 10.8. The van der Waals surface area contributed by atoms with Gasteiger partial charge < -0.3 is 0 Å². The summed E-state index contributed by atoms with van der Waals surface area (Å²) in [5.74, 6) is -1.69. The van der Waals surface area contributed by atoms with Crippen LogP contribution in [0.15, 0.2) is 47.4 Å². The van der Waals surface area contributed by atoms with Gasteiger partial charge in [0, 0.05) is 6.07 Å². The molecule has 6 heteroatoms. The molecule has 2 rings (SSSR count). The number of nitrogens with one attached hydrogen (secondary N) is 1. The quantitative estimate of drug-likeness (QED) is 0.941. The Balaban J connectivity index is 2.36. The molecule has 0 spiro atoms. The molecule has 2 aromatic carbocycles. The Kier molecular flexibility index (Phi) is 3.53. The molecule has 0 saturated heterocycles. The fourth-order valence-electron chi connectivity index (χ4n) is 1.61. The van der Waals surface area contributed by atoms with Gasteiger partial charge in [0.25, 0.3) is 10.0 Å². The van der Waals surface area contributed by atoms with Crippen molar-refractivity contribution in [2.24, 2.45) is 0 Å². The molecule has 0 atom stereocenters. The second kappa shape index (κ2) is 4.97. The van der Waals surface area contributed by atoms with Crippen LogP contribution in [-0.2, 0) is 10.0 Å². The average molecular weight is 283 g/mol. The fourth-order valence-corrected chi connectivity index (χ4v) is 2.75. The van der Waals surface area contributed by atoms with Gasteiger partial charge in [-0.05, 0) is 36.8 Å². The van der Waals surface area contributed by atoms with Crippen molar-refractivity contribution in [3.8, 4) is 0 Å². The molecule has 0 aliphatic heterocycles. The topological polar surface area (TPSA) is 46.2 Å². The standard InChI is InChI=1S/C13H11F2NO2S/c1-9-3-2-4-13(5-9)19(17,18)16-12-7-10(14)6-11(15)8-12/h2-8,16H,1H3. The Morgan fingerprint density at radius 1 is 1.00 bits per heavy atom. The van der Waals surface area contributed by atoms with Gasteiger partial charge in [-0.15, -0.1) is 0 Å². The summed E-state index contributed by atoms with van der Waals surface area (Å²) in [6, 6.07) is 8.72. The first-order valence-corrected chi connectivity index (χ1v) is 6.91. The third-order valence-electron chi connectivity index (χ3n) is 2.41. The smallest absolute Gasteiger partial charge is 0.261 e. The Bertz CT molecular complexity index is 694. The first-order chi connectivity index (χ1) is 8.87. The number of hydrogen-bond donors (Lipinski definition) is 1. The number of rotatable bonds is 3. The van der Waals surface area contributed by atoms with Crippen LogP contribution in [0.4, 0.5) is 14.5 Å². The Labute approximate surface area is 109 Å². The number of benzene rings is 2. The van der Waals surface area contributed by atoms with Crippen LogP contribution in [0.25, 0.3) is 0 Å². The Morgan fingerprint density at radius 2 is 1.63 bits per heavy atom. The van der Waals surface area contributed by atoms with Crippen LogP contribution in [0.5, 0.6) is 0 Å². The lowest BCUT2D eigenvalue weighted by Crippen LogP contribution is -2.13. The van der Waals surface area contributed by atoms with E-state index >= 15 is 0 Å². The summed E-state index contributed by atoms with van der Waals surface area (Å²) in [4.78, 5) is 0.0390. The Hall–Kier alpha value is -1.95. The van der Waals surface area contributed by atoms with E-state index in [2.05, 4.69) is 4.72 Å². The molecular formula is C13H11F2NO2S. The summed E-state index contributed by atoms with van der Waals surface area (Å²) in [5, 5.41) is 0. The van der Waals surface area contributed by atoms with Gasteiger partial charge in [0.2, 0.25) is 0 Å². The molecule has 0 aliphatic rings. The zero-order chi connectivity index (χ0) is 14.0. The lowest BCUT2D eigenvalue weighted by atomic mass is 10.2. The lowest BCUT2D eigenvalue weighted by Gasteiger charge is -2.08. The van der Waals surface area contributed by atoms with Gasteiger partial charge >= 0.3 is 0 Å². The normalized spacial score (nSPS) is 11.3. The van der Waals surface area contributed by atoms with Crippen molar-refractivity contribution < 1.29 is 17.2 Å². The highest BCUT2D eigenvalue weighted by molar-refractivity contribution is 7.92. The summed E-state index contributed by atoms with van der Waals surface area (Å²) >= 11 is 0. The van der Waals surface area contributed by atoms with E-state index < -0.39 is 21.7 Å². The molecular weight excluding hydrogens is 272 g/mol. The number of hydrogen-bond acceptors (Lipinski definition) is 2. The van der Waals surface area contributed by atoms with E-state index in [0.29, 0.717) is 6.07 Å². The largest absolute Gasteiger partial charge is 0.279 e. The highest BCUT2D eigenvalue weighted by atomic mass is 32.2. The molecule has 0 aromatic heterocycles. The molecule has 2 aromatic rings. The zero-order valence-electron chi connectivity index (χ0n) is 10.0. The van der Waals surface area contributed by atoms with Crippen molar-refractivity contribution in [1.82, 2.24) is 0 Å². The predicted octanol–water partition coefficient (Wildman–Crippen LogP) is 3.07. The maximum Gasteiger partial charge on any atom is 0.261 e. The lowest BCUT2D eigenvalue weighted by molar-refractivity contribution is 0.584. The van der Waals surface area contributed by atoms with Gasteiger partial charge in [-0.25, -0.2) is 17.2 Å². The van der Waals surface area contributed by atoms with E-state index in [1.165, 1.54) is 12.1 Å². The van der Waals surface area contributed by atoms with Crippen LogP contribution in [0.1, 0.15) is 5.56 Å². The third-order valence-corrected chi connectivity index (χ3v) is 3.79. The molecule has 100 valence electrons. The van der Waals surface area contributed by atoms with Gasteiger partial charge in [-0.3, -0.25) is 4.72 Å². The van der Waals surface area contributed by atoms with E-state index in [0.717, 1.165) is 17.7 Å². The van der Waals surface area contributed by atoms with Gasteiger partial charge in [0.05, 0.1) is 10.6 Å². The van der Waals surface area contributed by atoms with E-state index in [4.69, 9.17) is 0 Å². The second-order valence-electron chi connectivity index (χ2n) is 4.08. The molecule has 1 N–H and O–H groups in total. The van der Waals surface area contributed by atoms with E-state index in [-0.39, 0.29) is 10.6 Å². The van der Waals surface area contributed by atoms with E-state index in [1.54, 1.807) is 19.1 Å². The van der Waals surface area contributed by atoms with Crippen molar-refractivity contribution in [3.63, 3.8) is 0 Å². The van der Waals surface area contributed by atoms with E-state index in [9.17, 15) is 17.2 Å². The highest BCUT2D eigenvalue weighted by Crippen LogP contribution is 2.18. The van der Waals surface area contributed by atoms with Crippen molar-refractivity contribution in [2.75, 3.05) is 4.72 Å². The molecule has 0 radical (unpaired) electrons. The van der Waals surface area contributed by atoms with Gasteiger partial charge in [0.15, 0.2) is 0 Å². The first-order valence-electron chi connectivity index (χ1n) is 5.42. The van der Waals surface area contributed by atoms with Crippen molar-refractivity contribution in [2.45, 2.75) is 11.8 Å². The molecule has 0 unspecified atom stereocenters. The minimum absolute atomic E-state index is 0.0390. The van der Waals surface area contributed by atoms with E-state index in [1.807, 2.05) is 0 Å². The van der Waals surface area contributed by atoms with Crippen molar-refractivity contribution in [3.05, 3.63) is 59.7 Å². The number of aryl methyl sites for hydroxylation is 1. The number of sulfonamides is 1. The first kappa shape index (κ1) is 13.5. The van der Waals surface area contributed by atoms with Crippen molar-refractivity contribution in [1.29, 1.82) is 0 Å². The van der Waals surface area contributed by atoms with Gasteiger partial charge in [-0.2, -0.15) is 0 Å². The van der Waals surface area contributed by atoms with Gasteiger partial charge in [0.1, 0.15) is 11.6 Å².